The first-order valence-electron chi connectivity index (χ1n) is 3.91. The van der Waals surface area contributed by atoms with E-state index in [-0.39, 0.29) is 5.62 Å². The monoisotopic (exact) mass is 162 g/mol. The van der Waals surface area contributed by atoms with Crippen LogP contribution in [0.25, 0.3) is 0 Å². The first-order valence-corrected chi connectivity index (χ1v) is 4.35. The zero-order chi connectivity index (χ0) is 7.56. The minimum absolute atomic E-state index is 0.148. The largest absolute Gasteiger partial charge is 0.274 e. The zero-order valence-corrected chi connectivity index (χ0v) is 7.43. The van der Waals surface area contributed by atoms with E-state index >= 15 is 0 Å². The Hall–Kier alpha value is 0.210. The Balaban J connectivity index is 2.41. The summed E-state index contributed by atoms with van der Waals surface area (Å²) in [5.41, 5.74) is 0.148. The first kappa shape index (κ1) is 8.31. The number of hydrogen-bond acceptors (Lipinski definition) is 2. The molecule has 1 rings (SSSR count). The summed E-state index contributed by atoms with van der Waals surface area (Å²) in [4.78, 5) is 4.54. The van der Waals surface area contributed by atoms with Gasteiger partial charge in [-0.05, 0) is 13.1 Å². The van der Waals surface area contributed by atoms with Crippen LogP contribution in [0.3, 0.4) is 0 Å². The molecule has 0 bridgehead atoms. The Labute approximate surface area is 67.7 Å². The van der Waals surface area contributed by atoms with E-state index in [4.69, 9.17) is 11.6 Å². The molecule has 1 fully saturated rings. The highest BCUT2D eigenvalue weighted by atomic mass is 35.5. The molecule has 2 nitrogen and oxygen atoms in total. The van der Waals surface area contributed by atoms with Crippen LogP contribution in [-0.2, 0) is 0 Å². The molecule has 0 aliphatic carbocycles. The van der Waals surface area contributed by atoms with Crippen molar-refractivity contribution < 1.29 is 0 Å². The van der Waals surface area contributed by atoms with Crippen LogP contribution in [0.15, 0.2) is 0 Å². The van der Waals surface area contributed by atoms with E-state index in [1.54, 1.807) is 0 Å². The molecule has 60 valence electrons. The van der Waals surface area contributed by atoms with Crippen molar-refractivity contribution in [1.29, 1.82) is 0 Å². The number of hydrogen-bond donors (Lipinski definition) is 0. The third-order valence-electron chi connectivity index (χ3n) is 2.09. The molecule has 1 aliphatic heterocycles. The molecule has 0 spiro atoms. The number of alkyl halides is 1. The van der Waals surface area contributed by atoms with Crippen LogP contribution in [0.1, 0.15) is 13.8 Å². The number of nitrogens with zero attached hydrogens (tertiary/aromatic N) is 2. The summed E-state index contributed by atoms with van der Waals surface area (Å²) >= 11 is 6.10. The summed E-state index contributed by atoms with van der Waals surface area (Å²) < 4.78 is 0. The predicted molar refractivity (Wildman–Crippen MR) is 44.1 cm³/mol. The summed E-state index contributed by atoms with van der Waals surface area (Å²) in [7, 11) is 0. The molecule has 0 amide bonds. The van der Waals surface area contributed by atoms with Crippen molar-refractivity contribution >= 4 is 11.6 Å². The van der Waals surface area contributed by atoms with Crippen LogP contribution in [0.2, 0.25) is 0 Å². The highest BCUT2D eigenvalue weighted by Crippen LogP contribution is 2.16. The summed E-state index contributed by atoms with van der Waals surface area (Å²) in [5, 5.41) is 0. The molecular formula is C7H15ClN2. The van der Waals surface area contributed by atoms with Crippen molar-refractivity contribution in [3.8, 4) is 0 Å². The lowest BCUT2D eigenvalue weighted by Crippen LogP contribution is -2.33. The van der Waals surface area contributed by atoms with Crippen LogP contribution in [-0.4, -0.2) is 41.6 Å². The average Bonchev–Trinajstić information content (AvgIpc) is 2.30. The number of likely N-dealkylation sites (N-methyl/N-ethyl adjacent to an activating group) is 2. The van der Waals surface area contributed by atoms with Gasteiger partial charge in [-0.2, -0.15) is 0 Å². The topological polar surface area (TPSA) is 6.48 Å². The van der Waals surface area contributed by atoms with Gasteiger partial charge < -0.3 is 0 Å². The Morgan fingerprint density at radius 2 is 1.60 bits per heavy atom. The Morgan fingerprint density at radius 3 is 1.80 bits per heavy atom. The van der Waals surface area contributed by atoms with Crippen molar-refractivity contribution in [3.63, 3.8) is 0 Å². The standard InChI is InChI=1S/C7H15ClN2/c1-3-9-5-6-10(4-2)7(9)8/h7H,3-6H2,1-2H3. The molecule has 1 heterocycles. The fourth-order valence-electron chi connectivity index (χ4n) is 1.32. The van der Waals surface area contributed by atoms with Gasteiger partial charge in [0, 0.05) is 13.1 Å². The first-order chi connectivity index (χ1) is 4.79. The van der Waals surface area contributed by atoms with Gasteiger partial charge in [0.05, 0.1) is 0 Å². The maximum absolute atomic E-state index is 6.10. The van der Waals surface area contributed by atoms with Gasteiger partial charge in [0.25, 0.3) is 0 Å². The maximum Gasteiger partial charge on any atom is 0.140 e. The SMILES string of the molecule is CCN1CCN(CC)C1Cl. The summed E-state index contributed by atoms with van der Waals surface area (Å²) in [6.45, 7) is 8.66. The van der Waals surface area contributed by atoms with Crippen LogP contribution in [0.4, 0.5) is 0 Å². The van der Waals surface area contributed by atoms with E-state index in [1.807, 2.05) is 0 Å². The molecule has 0 saturated carbocycles. The number of halogens is 1. The third-order valence-corrected chi connectivity index (χ3v) is 2.64. The molecule has 10 heavy (non-hydrogen) atoms. The van der Waals surface area contributed by atoms with Crippen LogP contribution >= 0.6 is 11.6 Å². The van der Waals surface area contributed by atoms with Crippen LogP contribution in [0.5, 0.6) is 0 Å². The van der Waals surface area contributed by atoms with Crippen molar-refractivity contribution in [3.05, 3.63) is 0 Å². The van der Waals surface area contributed by atoms with Gasteiger partial charge in [0.15, 0.2) is 0 Å². The molecule has 0 radical (unpaired) electrons. The minimum atomic E-state index is 0.148. The lowest BCUT2D eigenvalue weighted by molar-refractivity contribution is 0.222. The second-order valence-corrected chi connectivity index (χ2v) is 2.96. The lowest BCUT2D eigenvalue weighted by Gasteiger charge is -2.21. The van der Waals surface area contributed by atoms with E-state index in [9.17, 15) is 0 Å². The molecule has 0 aromatic carbocycles. The molecule has 1 aliphatic rings. The summed E-state index contributed by atoms with van der Waals surface area (Å²) in [5.74, 6) is 0. The maximum atomic E-state index is 6.10. The third kappa shape index (κ3) is 1.44. The molecule has 1 saturated heterocycles. The second-order valence-electron chi connectivity index (χ2n) is 2.57. The molecule has 0 aromatic heterocycles. The predicted octanol–water partition coefficient (Wildman–Crippen LogP) is 1.17. The van der Waals surface area contributed by atoms with Gasteiger partial charge >= 0.3 is 0 Å². The van der Waals surface area contributed by atoms with Crippen LogP contribution < -0.4 is 0 Å². The molecular weight excluding hydrogens is 148 g/mol. The normalized spacial score (nSPS) is 24.3. The van der Waals surface area contributed by atoms with E-state index in [2.05, 4.69) is 23.6 Å². The van der Waals surface area contributed by atoms with Gasteiger partial charge in [-0.15, -0.1) is 0 Å². The van der Waals surface area contributed by atoms with Gasteiger partial charge in [-0.3, -0.25) is 9.80 Å². The Morgan fingerprint density at radius 1 is 1.20 bits per heavy atom. The van der Waals surface area contributed by atoms with Gasteiger partial charge in [0.1, 0.15) is 5.62 Å². The molecule has 0 aromatic rings. The Bertz CT molecular complexity index is 95.8. The van der Waals surface area contributed by atoms with Crippen LogP contribution in [0, 0.1) is 0 Å². The Kier molecular flexibility index (Phi) is 2.96. The summed E-state index contributed by atoms with van der Waals surface area (Å²) in [6, 6.07) is 0. The van der Waals surface area contributed by atoms with Crippen molar-refractivity contribution in [1.82, 2.24) is 9.80 Å². The van der Waals surface area contributed by atoms with Gasteiger partial charge in [-0.25, -0.2) is 0 Å². The highest BCUT2D eigenvalue weighted by Gasteiger charge is 2.26. The van der Waals surface area contributed by atoms with E-state index < -0.39 is 0 Å². The quantitative estimate of drug-likeness (QED) is 0.444. The molecule has 0 N–H and O–H groups in total. The van der Waals surface area contributed by atoms with Crippen molar-refractivity contribution in [2.45, 2.75) is 19.5 Å². The smallest absolute Gasteiger partial charge is 0.140 e. The van der Waals surface area contributed by atoms with E-state index in [0.29, 0.717) is 0 Å². The van der Waals surface area contributed by atoms with Crippen molar-refractivity contribution in [2.24, 2.45) is 0 Å². The summed E-state index contributed by atoms with van der Waals surface area (Å²) in [6.07, 6.45) is 0. The fraction of sp³-hybridized carbons (Fsp3) is 1.00. The lowest BCUT2D eigenvalue weighted by atomic mass is 10.6. The number of rotatable bonds is 2. The second kappa shape index (κ2) is 3.56. The molecule has 0 atom stereocenters. The van der Waals surface area contributed by atoms with E-state index in [1.165, 1.54) is 0 Å². The molecule has 0 unspecified atom stereocenters. The fourth-order valence-corrected chi connectivity index (χ4v) is 1.79. The van der Waals surface area contributed by atoms with Gasteiger partial charge in [-0.1, -0.05) is 25.4 Å². The minimum Gasteiger partial charge on any atom is -0.274 e. The van der Waals surface area contributed by atoms with Crippen molar-refractivity contribution in [2.75, 3.05) is 26.2 Å². The highest BCUT2D eigenvalue weighted by molar-refractivity contribution is 6.20. The van der Waals surface area contributed by atoms with Gasteiger partial charge in [0.2, 0.25) is 0 Å². The molecule has 3 heteroatoms. The average molecular weight is 163 g/mol. The zero-order valence-electron chi connectivity index (χ0n) is 6.68. The van der Waals surface area contributed by atoms with E-state index in [0.717, 1.165) is 26.2 Å².